The number of nitrogens with one attached hydrogen (secondary N) is 2. The lowest BCUT2D eigenvalue weighted by molar-refractivity contribution is -0.131. The highest BCUT2D eigenvalue weighted by atomic mass is 79.9. The fraction of sp³-hybridized carbons (Fsp3) is 0.469. The number of hydrogen-bond donors (Lipinski definition) is 3. The summed E-state index contributed by atoms with van der Waals surface area (Å²) < 4.78 is 11.7. The average molecular weight is 691 g/mol. The number of primary amides is 1. The van der Waals surface area contributed by atoms with E-state index in [1.807, 2.05) is 24.3 Å². The van der Waals surface area contributed by atoms with Gasteiger partial charge in [0.05, 0.1) is 6.42 Å². The first kappa shape index (κ1) is 37.1. The molecule has 0 spiro atoms. The highest BCUT2D eigenvalue weighted by Gasteiger charge is 2.23. The molecule has 0 aliphatic carbocycles. The summed E-state index contributed by atoms with van der Waals surface area (Å²) in [5.41, 5.74) is 6.95. The van der Waals surface area contributed by atoms with Gasteiger partial charge in [-0.25, -0.2) is 9.59 Å². The van der Waals surface area contributed by atoms with Crippen LogP contribution in [0.25, 0.3) is 0 Å². The number of carbonyl (C=O) groups excluding carboxylic acids is 5. The lowest BCUT2D eigenvalue weighted by Crippen LogP contribution is -2.50. The molecule has 0 aliphatic rings. The SMILES string of the molecule is CCCCCCCC(=O)N[C@H](CC(N)=O)C(=O)NCCN(C)C(=O)Oc1ccc(COC(=O)N(C)Cc2ccc(Br)cc2)cc1. The Morgan fingerprint density at radius 1 is 0.867 bits per heavy atom. The van der Waals surface area contributed by atoms with Crippen LogP contribution in [0.15, 0.2) is 53.0 Å². The molecule has 0 aromatic heterocycles. The molecule has 0 fully saturated rings. The van der Waals surface area contributed by atoms with Gasteiger partial charge in [-0.2, -0.15) is 0 Å². The van der Waals surface area contributed by atoms with Gasteiger partial charge >= 0.3 is 12.2 Å². The number of likely N-dealkylation sites (N-methyl/N-ethyl adjacent to an activating group) is 1. The van der Waals surface area contributed by atoms with Crippen molar-refractivity contribution in [2.24, 2.45) is 5.73 Å². The smallest absolute Gasteiger partial charge is 0.415 e. The van der Waals surface area contributed by atoms with Crippen molar-refractivity contribution in [3.8, 4) is 5.75 Å². The molecule has 0 saturated carbocycles. The summed E-state index contributed by atoms with van der Waals surface area (Å²) in [6, 6.07) is 13.1. The van der Waals surface area contributed by atoms with Gasteiger partial charge in [-0.3, -0.25) is 14.4 Å². The molecular formula is C32H44BrN5O7. The van der Waals surface area contributed by atoms with Crippen molar-refractivity contribution in [3.05, 3.63) is 64.1 Å². The van der Waals surface area contributed by atoms with Crippen molar-refractivity contribution < 1.29 is 33.4 Å². The van der Waals surface area contributed by atoms with E-state index < -0.39 is 30.0 Å². The molecule has 2 rings (SSSR count). The van der Waals surface area contributed by atoms with Crippen LogP contribution in [0.5, 0.6) is 5.75 Å². The molecule has 246 valence electrons. The first-order valence-corrected chi connectivity index (χ1v) is 15.8. The number of rotatable bonds is 18. The van der Waals surface area contributed by atoms with Crippen LogP contribution in [0.1, 0.15) is 63.0 Å². The predicted molar refractivity (Wildman–Crippen MR) is 173 cm³/mol. The van der Waals surface area contributed by atoms with Crippen LogP contribution < -0.4 is 21.1 Å². The van der Waals surface area contributed by atoms with Gasteiger partial charge in [-0.1, -0.05) is 72.8 Å². The van der Waals surface area contributed by atoms with Gasteiger partial charge in [-0.15, -0.1) is 0 Å². The molecule has 0 unspecified atom stereocenters. The summed E-state index contributed by atoms with van der Waals surface area (Å²) in [6.07, 6.45) is 3.68. The average Bonchev–Trinajstić information content (AvgIpc) is 3.00. The minimum Gasteiger partial charge on any atom is -0.445 e. The molecule has 0 bridgehead atoms. The molecule has 13 heteroatoms. The highest BCUT2D eigenvalue weighted by molar-refractivity contribution is 9.10. The maximum Gasteiger partial charge on any atom is 0.415 e. The van der Waals surface area contributed by atoms with Crippen molar-refractivity contribution in [2.45, 2.75) is 71.1 Å². The zero-order valence-electron chi connectivity index (χ0n) is 26.2. The Hall–Kier alpha value is -4.13. The van der Waals surface area contributed by atoms with E-state index >= 15 is 0 Å². The number of unbranched alkanes of at least 4 members (excludes halogenated alkanes) is 4. The summed E-state index contributed by atoms with van der Waals surface area (Å²) in [7, 11) is 3.16. The van der Waals surface area contributed by atoms with Gasteiger partial charge in [0, 0.05) is 44.6 Å². The van der Waals surface area contributed by atoms with E-state index in [0.29, 0.717) is 18.5 Å². The highest BCUT2D eigenvalue weighted by Crippen LogP contribution is 2.15. The molecule has 2 aromatic carbocycles. The zero-order chi connectivity index (χ0) is 33.2. The Morgan fingerprint density at radius 2 is 1.51 bits per heavy atom. The summed E-state index contributed by atoms with van der Waals surface area (Å²) in [6.45, 7) is 2.74. The minimum absolute atomic E-state index is 0.0491. The number of carbonyl (C=O) groups is 5. The van der Waals surface area contributed by atoms with Crippen LogP contribution in [0.2, 0.25) is 0 Å². The quantitative estimate of drug-likeness (QED) is 0.195. The van der Waals surface area contributed by atoms with E-state index in [0.717, 1.165) is 35.7 Å². The second kappa shape index (κ2) is 20.0. The van der Waals surface area contributed by atoms with Crippen LogP contribution in [-0.4, -0.2) is 72.9 Å². The standard InChI is InChI=1S/C32H44BrN5O7/c1-4-5-6-7-8-9-29(40)36-27(20-28(34)39)30(41)35-18-19-37(2)32(43)45-26-16-12-24(13-17-26)22-44-31(42)38(3)21-23-10-14-25(33)15-11-23/h10-17,27H,4-9,18-22H2,1-3H3,(H2,34,39)(H,35,41)(H,36,40)/t27-/m1/s1. The second-order valence-corrected chi connectivity index (χ2v) is 11.6. The number of benzene rings is 2. The first-order valence-electron chi connectivity index (χ1n) is 15.0. The zero-order valence-corrected chi connectivity index (χ0v) is 27.8. The summed E-state index contributed by atoms with van der Waals surface area (Å²) in [5, 5.41) is 5.20. The van der Waals surface area contributed by atoms with Crippen molar-refractivity contribution in [3.63, 3.8) is 0 Å². The van der Waals surface area contributed by atoms with Crippen LogP contribution in [0, 0.1) is 0 Å². The van der Waals surface area contributed by atoms with E-state index in [-0.39, 0.29) is 44.2 Å². The number of amides is 5. The van der Waals surface area contributed by atoms with Gasteiger partial charge < -0.3 is 35.6 Å². The summed E-state index contributed by atoms with van der Waals surface area (Å²) in [4.78, 5) is 64.0. The first-order chi connectivity index (χ1) is 21.5. The molecule has 45 heavy (non-hydrogen) atoms. The Labute approximate surface area is 273 Å². The fourth-order valence-corrected chi connectivity index (χ4v) is 4.41. The normalized spacial score (nSPS) is 11.2. The largest absolute Gasteiger partial charge is 0.445 e. The number of halogens is 1. The van der Waals surface area contributed by atoms with Gasteiger partial charge in [0.2, 0.25) is 17.7 Å². The fourth-order valence-electron chi connectivity index (χ4n) is 4.14. The van der Waals surface area contributed by atoms with Crippen LogP contribution in [0.3, 0.4) is 0 Å². The third-order valence-corrected chi connectivity index (χ3v) is 7.29. The summed E-state index contributed by atoms with van der Waals surface area (Å²) >= 11 is 3.39. The number of ether oxygens (including phenoxy) is 2. The molecule has 2 aromatic rings. The molecule has 0 saturated heterocycles. The van der Waals surface area contributed by atoms with Crippen molar-refractivity contribution in [1.29, 1.82) is 0 Å². The Morgan fingerprint density at radius 3 is 2.16 bits per heavy atom. The van der Waals surface area contributed by atoms with Crippen LogP contribution in [-0.2, 0) is 32.3 Å². The topological polar surface area (TPSA) is 160 Å². The van der Waals surface area contributed by atoms with Gasteiger partial charge in [0.25, 0.3) is 0 Å². The van der Waals surface area contributed by atoms with E-state index in [1.165, 1.54) is 16.8 Å². The molecule has 5 amide bonds. The Bertz CT molecular complexity index is 1260. The third-order valence-electron chi connectivity index (χ3n) is 6.76. The molecule has 0 heterocycles. The maximum atomic E-state index is 12.6. The van der Waals surface area contributed by atoms with Crippen LogP contribution >= 0.6 is 15.9 Å². The number of nitrogens with zero attached hydrogens (tertiary/aromatic N) is 2. The van der Waals surface area contributed by atoms with Crippen LogP contribution in [0.4, 0.5) is 9.59 Å². The van der Waals surface area contributed by atoms with E-state index in [4.69, 9.17) is 15.2 Å². The second-order valence-electron chi connectivity index (χ2n) is 10.7. The Balaban J connectivity index is 1.73. The van der Waals surface area contributed by atoms with Gasteiger partial charge in [0.15, 0.2) is 0 Å². The molecule has 4 N–H and O–H groups in total. The number of hydrogen-bond acceptors (Lipinski definition) is 7. The number of nitrogens with two attached hydrogens (primary N) is 1. The summed E-state index contributed by atoms with van der Waals surface area (Å²) in [5.74, 6) is -1.31. The van der Waals surface area contributed by atoms with Crippen molar-refractivity contribution >= 4 is 45.8 Å². The van der Waals surface area contributed by atoms with Crippen molar-refractivity contribution in [2.75, 3.05) is 27.2 Å². The monoisotopic (exact) mass is 689 g/mol. The van der Waals surface area contributed by atoms with Crippen molar-refractivity contribution in [1.82, 2.24) is 20.4 Å². The molecule has 1 atom stereocenters. The Kier molecular flexibility index (Phi) is 16.5. The third kappa shape index (κ3) is 14.9. The van der Waals surface area contributed by atoms with E-state index in [9.17, 15) is 24.0 Å². The molecule has 12 nitrogen and oxygen atoms in total. The lowest BCUT2D eigenvalue weighted by Gasteiger charge is -2.20. The lowest BCUT2D eigenvalue weighted by atomic mass is 10.1. The molecular weight excluding hydrogens is 646 g/mol. The predicted octanol–water partition coefficient (Wildman–Crippen LogP) is 4.49. The maximum absolute atomic E-state index is 12.6. The van der Waals surface area contributed by atoms with E-state index in [1.54, 1.807) is 31.3 Å². The minimum atomic E-state index is -1.09. The van der Waals surface area contributed by atoms with Gasteiger partial charge in [-0.05, 0) is 41.8 Å². The van der Waals surface area contributed by atoms with Gasteiger partial charge in [0.1, 0.15) is 18.4 Å². The molecule has 0 radical (unpaired) electrons. The van der Waals surface area contributed by atoms with E-state index in [2.05, 4.69) is 33.5 Å². The molecule has 0 aliphatic heterocycles.